The van der Waals surface area contributed by atoms with Crippen LogP contribution in [0.5, 0.6) is 0 Å². The molecule has 160 valence electrons. The van der Waals surface area contributed by atoms with Gasteiger partial charge in [-0.25, -0.2) is 0 Å². The second-order valence-corrected chi connectivity index (χ2v) is 8.17. The quantitative estimate of drug-likeness (QED) is 0.440. The fourth-order valence-corrected chi connectivity index (χ4v) is 4.40. The number of nitrogens with zero attached hydrogens (tertiary/aromatic N) is 1. The Labute approximate surface area is 187 Å². The third kappa shape index (κ3) is 4.02. The molecule has 2 heterocycles. The first kappa shape index (κ1) is 20.1. The lowest BCUT2D eigenvalue weighted by Gasteiger charge is -2.17. The van der Waals surface area contributed by atoms with E-state index in [1.165, 1.54) is 16.5 Å². The molecule has 0 unspecified atom stereocenters. The summed E-state index contributed by atoms with van der Waals surface area (Å²) in [5.74, 6) is -0.0241. The highest BCUT2D eigenvalue weighted by Gasteiger charge is 2.25. The second kappa shape index (κ2) is 8.71. The average molecular weight is 424 g/mol. The number of amides is 2. The van der Waals surface area contributed by atoms with Crippen LogP contribution in [0.4, 0.5) is 11.4 Å². The van der Waals surface area contributed by atoms with Gasteiger partial charge < -0.3 is 15.2 Å². The summed E-state index contributed by atoms with van der Waals surface area (Å²) in [7, 11) is 0. The van der Waals surface area contributed by atoms with Crippen LogP contribution >= 0.6 is 0 Å². The van der Waals surface area contributed by atoms with E-state index in [-0.39, 0.29) is 11.8 Å². The monoisotopic (exact) mass is 423 g/mol. The first-order chi connectivity index (χ1) is 15.7. The summed E-state index contributed by atoms with van der Waals surface area (Å²) >= 11 is 0. The van der Waals surface area contributed by atoms with Crippen molar-refractivity contribution in [2.45, 2.75) is 25.7 Å². The number of aromatic amines is 1. The molecule has 1 aromatic heterocycles. The van der Waals surface area contributed by atoms with E-state index in [2.05, 4.69) is 28.5 Å². The fraction of sp³-hybridized carbons (Fsp3) is 0.185. The third-order valence-electron chi connectivity index (χ3n) is 6.07. The van der Waals surface area contributed by atoms with Gasteiger partial charge in [0, 0.05) is 47.0 Å². The number of para-hydroxylation sites is 2. The maximum atomic E-state index is 12.9. The van der Waals surface area contributed by atoms with Gasteiger partial charge in [0.05, 0.1) is 0 Å². The summed E-state index contributed by atoms with van der Waals surface area (Å²) in [6.07, 6.45) is 4.98. The minimum absolute atomic E-state index is 0.00782. The lowest BCUT2D eigenvalue weighted by atomic mass is 10.1. The van der Waals surface area contributed by atoms with Gasteiger partial charge in [0.25, 0.3) is 5.91 Å². The molecule has 2 amide bonds. The summed E-state index contributed by atoms with van der Waals surface area (Å²) < 4.78 is 0. The molecule has 0 fully saturated rings. The van der Waals surface area contributed by atoms with Gasteiger partial charge in [-0.3, -0.25) is 9.59 Å². The van der Waals surface area contributed by atoms with E-state index in [1.54, 1.807) is 24.3 Å². The second-order valence-electron chi connectivity index (χ2n) is 8.17. The number of anilines is 2. The van der Waals surface area contributed by atoms with Crippen molar-refractivity contribution < 1.29 is 9.59 Å². The van der Waals surface area contributed by atoms with Gasteiger partial charge in [0.15, 0.2) is 0 Å². The molecule has 5 rings (SSSR count). The van der Waals surface area contributed by atoms with E-state index in [1.807, 2.05) is 41.4 Å². The number of carbonyl (C=O) groups excluding carboxylic acids is 2. The van der Waals surface area contributed by atoms with E-state index < -0.39 is 0 Å². The molecule has 1 aliphatic heterocycles. The van der Waals surface area contributed by atoms with Gasteiger partial charge in [0.2, 0.25) is 5.91 Å². The van der Waals surface area contributed by atoms with Crippen molar-refractivity contribution in [2.24, 2.45) is 0 Å². The highest BCUT2D eigenvalue weighted by Crippen LogP contribution is 2.29. The Morgan fingerprint density at radius 3 is 2.59 bits per heavy atom. The largest absolute Gasteiger partial charge is 0.361 e. The van der Waals surface area contributed by atoms with Crippen LogP contribution in [-0.2, 0) is 17.6 Å². The molecule has 0 saturated heterocycles. The number of nitrogens with one attached hydrogen (secondary N) is 2. The van der Waals surface area contributed by atoms with Crippen molar-refractivity contribution in [2.75, 3.05) is 16.8 Å². The van der Waals surface area contributed by atoms with Crippen LogP contribution in [0.2, 0.25) is 0 Å². The van der Waals surface area contributed by atoms with Crippen LogP contribution in [-0.4, -0.2) is 23.3 Å². The number of carbonyl (C=O) groups is 2. The van der Waals surface area contributed by atoms with Crippen molar-refractivity contribution in [3.05, 3.63) is 95.7 Å². The summed E-state index contributed by atoms with van der Waals surface area (Å²) in [4.78, 5) is 30.4. The smallest absolute Gasteiger partial charge is 0.258 e. The Kier molecular flexibility index (Phi) is 5.46. The first-order valence-electron chi connectivity index (χ1n) is 11.0. The minimum Gasteiger partial charge on any atom is -0.361 e. The van der Waals surface area contributed by atoms with Crippen LogP contribution in [0.1, 0.15) is 34.3 Å². The zero-order valence-electron chi connectivity index (χ0n) is 17.8. The van der Waals surface area contributed by atoms with Crippen molar-refractivity contribution in [3.63, 3.8) is 0 Å². The SMILES string of the molecule is O=C(CCCc1c[nH]c2ccccc12)Nc1ccc(C(=O)N2CCc3ccccc32)cc1. The van der Waals surface area contributed by atoms with Gasteiger partial charge in [-0.05, 0) is 66.8 Å². The van der Waals surface area contributed by atoms with Crippen molar-refractivity contribution in [1.82, 2.24) is 4.98 Å². The fourth-order valence-electron chi connectivity index (χ4n) is 4.40. The van der Waals surface area contributed by atoms with E-state index in [9.17, 15) is 9.59 Å². The van der Waals surface area contributed by atoms with Crippen LogP contribution in [0.25, 0.3) is 10.9 Å². The maximum absolute atomic E-state index is 12.9. The first-order valence-corrected chi connectivity index (χ1v) is 11.0. The Morgan fingerprint density at radius 2 is 1.72 bits per heavy atom. The van der Waals surface area contributed by atoms with Gasteiger partial charge in [0.1, 0.15) is 0 Å². The average Bonchev–Trinajstić information content (AvgIpc) is 3.44. The topological polar surface area (TPSA) is 65.2 Å². The summed E-state index contributed by atoms with van der Waals surface area (Å²) in [5, 5.41) is 4.16. The summed E-state index contributed by atoms with van der Waals surface area (Å²) in [6.45, 7) is 0.701. The Balaban J connectivity index is 1.15. The lowest BCUT2D eigenvalue weighted by Crippen LogP contribution is -2.28. The third-order valence-corrected chi connectivity index (χ3v) is 6.07. The van der Waals surface area contributed by atoms with Crippen LogP contribution in [0.3, 0.4) is 0 Å². The molecule has 0 spiro atoms. The number of hydrogen-bond donors (Lipinski definition) is 2. The van der Waals surface area contributed by atoms with Gasteiger partial charge in [-0.2, -0.15) is 0 Å². The Morgan fingerprint density at radius 1 is 0.938 bits per heavy atom. The molecule has 0 aliphatic carbocycles. The van der Waals surface area contributed by atoms with E-state index in [0.717, 1.165) is 30.5 Å². The van der Waals surface area contributed by atoms with Crippen molar-refractivity contribution >= 4 is 34.1 Å². The number of benzene rings is 3. The number of aromatic nitrogens is 1. The molecule has 2 N–H and O–H groups in total. The van der Waals surface area contributed by atoms with Crippen molar-refractivity contribution in [1.29, 1.82) is 0 Å². The van der Waals surface area contributed by atoms with E-state index in [0.29, 0.717) is 24.2 Å². The van der Waals surface area contributed by atoms with E-state index in [4.69, 9.17) is 0 Å². The van der Waals surface area contributed by atoms with E-state index >= 15 is 0 Å². The molecule has 0 radical (unpaired) electrons. The Hall–Kier alpha value is -3.86. The highest BCUT2D eigenvalue weighted by molar-refractivity contribution is 6.07. The van der Waals surface area contributed by atoms with Gasteiger partial charge >= 0.3 is 0 Å². The lowest BCUT2D eigenvalue weighted by molar-refractivity contribution is -0.116. The minimum atomic E-state index is -0.0163. The normalized spacial score (nSPS) is 12.7. The summed E-state index contributed by atoms with van der Waals surface area (Å²) in [6, 6.07) is 23.4. The molecule has 5 heteroatoms. The number of aryl methyl sites for hydroxylation is 1. The predicted octanol–water partition coefficient (Wildman–Crippen LogP) is 5.33. The Bertz CT molecular complexity index is 1270. The number of hydrogen-bond acceptors (Lipinski definition) is 2. The highest BCUT2D eigenvalue weighted by atomic mass is 16.2. The van der Waals surface area contributed by atoms with Crippen molar-refractivity contribution in [3.8, 4) is 0 Å². The molecule has 1 aliphatic rings. The molecular weight excluding hydrogens is 398 g/mol. The van der Waals surface area contributed by atoms with Crippen LogP contribution in [0.15, 0.2) is 79.0 Å². The molecule has 4 aromatic rings. The standard InChI is InChI=1S/C27H25N3O2/c31-26(11-5-7-21-18-28-24-9-3-2-8-23(21)24)29-22-14-12-20(13-15-22)27(32)30-17-16-19-6-1-4-10-25(19)30/h1-4,6,8-10,12-15,18,28H,5,7,11,16-17H2,(H,29,31). The molecule has 5 nitrogen and oxygen atoms in total. The van der Waals surface area contributed by atoms with Gasteiger partial charge in [-0.15, -0.1) is 0 Å². The number of fused-ring (bicyclic) bond motifs is 2. The molecular formula is C27H25N3O2. The molecule has 0 atom stereocenters. The zero-order chi connectivity index (χ0) is 21.9. The van der Waals surface area contributed by atoms with Crippen LogP contribution in [0, 0.1) is 0 Å². The maximum Gasteiger partial charge on any atom is 0.258 e. The molecule has 0 bridgehead atoms. The van der Waals surface area contributed by atoms with Gasteiger partial charge in [-0.1, -0.05) is 36.4 Å². The molecule has 3 aromatic carbocycles. The zero-order valence-corrected chi connectivity index (χ0v) is 17.8. The number of rotatable bonds is 6. The predicted molar refractivity (Wildman–Crippen MR) is 128 cm³/mol. The molecule has 0 saturated carbocycles. The van der Waals surface area contributed by atoms with Crippen LogP contribution < -0.4 is 10.2 Å². The number of H-pyrrole nitrogens is 1. The molecule has 32 heavy (non-hydrogen) atoms. The summed E-state index contributed by atoms with van der Waals surface area (Å²) in [5.41, 5.74) is 5.89.